The molecule has 0 radical (unpaired) electrons. The Labute approximate surface area is 186 Å². The second-order valence-corrected chi connectivity index (χ2v) is 10.7. The van der Waals surface area contributed by atoms with Crippen LogP contribution in [0.1, 0.15) is 64.9 Å². The van der Waals surface area contributed by atoms with E-state index in [2.05, 4.69) is 4.72 Å². The van der Waals surface area contributed by atoms with Gasteiger partial charge in [0, 0.05) is 31.7 Å². The van der Waals surface area contributed by atoms with E-state index in [-0.39, 0.29) is 22.6 Å². The molecule has 0 saturated carbocycles. The van der Waals surface area contributed by atoms with Gasteiger partial charge in [-0.15, -0.1) is 0 Å². The van der Waals surface area contributed by atoms with Gasteiger partial charge in [-0.3, -0.25) is 9.59 Å². The minimum absolute atomic E-state index is 0.0347. The van der Waals surface area contributed by atoms with Gasteiger partial charge in [0.15, 0.2) is 0 Å². The van der Waals surface area contributed by atoms with E-state index in [1.807, 2.05) is 25.7 Å². The van der Waals surface area contributed by atoms with Crippen LogP contribution < -0.4 is 9.62 Å². The number of amides is 2. The SMILES string of the molecule is CCC(=O)N1CCc2cc(S(=O)(=O)NC(CC(C)C)C(=O)N3CCCCCC3)ccc21. The molecule has 0 spiro atoms. The molecule has 2 aliphatic heterocycles. The maximum absolute atomic E-state index is 13.2. The molecule has 1 aromatic rings. The van der Waals surface area contributed by atoms with Crippen LogP contribution in [0.25, 0.3) is 0 Å². The fourth-order valence-electron chi connectivity index (χ4n) is 4.43. The van der Waals surface area contributed by atoms with E-state index in [0.717, 1.165) is 36.9 Å². The molecule has 1 aromatic carbocycles. The van der Waals surface area contributed by atoms with Gasteiger partial charge in [-0.2, -0.15) is 4.72 Å². The third kappa shape index (κ3) is 5.66. The van der Waals surface area contributed by atoms with Gasteiger partial charge in [-0.25, -0.2) is 8.42 Å². The van der Waals surface area contributed by atoms with Crippen molar-refractivity contribution >= 4 is 27.5 Å². The zero-order chi connectivity index (χ0) is 22.6. The predicted molar refractivity (Wildman–Crippen MR) is 121 cm³/mol. The summed E-state index contributed by atoms with van der Waals surface area (Å²) in [6, 6.07) is 4.11. The fourth-order valence-corrected chi connectivity index (χ4v) is 5.69. The second-order valence-electron chi connectivity index (χ2n) is 8.98. The Morgan fingerprint density at radius 3 is 2.35 bits per heavy atom. The summed E-state index contributed by atoms with van der Waals surface area (Å²) in [6.07, 6.45) is 5.64. The first-order chi connectivity index (χ1) is 14.7. The van der Waals surface area contributed by atoms with E-state index in [9.17, 15) is 18.0 Å². The second kappa shape index (κ2) is 10.1. The van der Waals surface area contributed by atoms with Crippen molar-refractivity contribution in [2.24, 2.45) is 5.92 Å². The van der Waals surface area contributed by atoms with Crippen molar-refractivity contribution in [1.29, 1.82) is 0 Å². The lowest BCUT2D eigenvalue weighted by Gasteiger charge is -2.27. The minimum Gasteiger partial charge on any atom is -0.341 e. The van der Waals surface area contributed by atoms with Gasteiger partial charge >= 0.3 is 0 Å². The summed E-state index contributed by atoms with van der Waals surface area (Å²) in [6.45, 7) is 7.75. The largest absolute Gasteiger partial charge is 0.341 e. The van der Waals surface area contributed by atoms with Crippen LogP contribution in [0.4, 0.5) is 5.69 Å². The molecule has 1 atom stereocenters. The van der Waals surface area contributed by atoms with Crippen LogP contribution in [0.5, 0.6) is 0 Å². The van der Waals surface area contributed by atoms with Crippen molar-refractivity contribution in [3.8, 4) is 0 Å². The average Bonchev–Trinajstić information content (AvgIpc) is 2.96. The highest BCUT2D eigenvalue weighted by atomic mass is 32.2. The summed E-state index contributed by atoms with van der Waals surface area (Å²) < 4.78 is 29.1. The molecule has 3 rings (SSSR count). The van der Waals surface area contributed by atoms with Crippen molar-refractivity contribution in [2.75, 3.05) is 24.5 Å². The van der Waals surface area contributed by atoms with Crippen LogP contribution in [0, 0.1) is 5.92 Å². The quantitative estimate of drug-likeness (QED) is 0.693. The molecule has 0 aromatic heterocycles. The first-order valence-corrected chi connectivity index (χ1v) is 13.0. The first kappa shape index (κ1) is 23.7. The minimum atomic E-state index is -3.86. The maximum atomic E-state index is 13.2. The van der Waals surface area contributed by atoms with Gasteiger partial charge in [0.05, 0.1) is 4.90 Å². The van der Waals surface area contributed by atoms with Crippen LogP contribution in [-0.4, -0.2) is 50.8 Å². The predicted octanol–water partition coefficient (Wildman–Crippen LogP) is 3.08. The number of rotatable bonds is 7. The molecule has 31 heavy (non-hydrogen) atoms. The number of benzene rings is 1. The van der Waals surface area contributed by atoms with Gasteiger partial charge in [0.25, 0.3) is 0 Å². The van der Waals surface area contributed by atoms with Crippen LogP contribution >= 0.6 is 0 Å². The number of hydrogen-bond donors (Lipinski definition) is 1. The number of likely N-dealkylation sites (tertiary alicyclic amines) is 1. The third-order valence-corrected chi connectivity index (χ3v) is 7.55. The van der Waals surface area contributed by atoms with Crippen molar-refractivity contribution in [2.45, 2.75) is 76.7 Å². The summed E-state index contributed by atoms with van der Waals surface area (Å²) in [5.74, 6) is 0.0878. The zero-order valence-electron chi connectivity index (χ0n) is 18.9. The van der Waals surface area contributed by atoms with Crippen LogP contribution in [0.3, 0.4) is 0 Å². The highest BCUT2D eigenvalue weighted by Crippen LogP contribution is 2.31. The third-order valence-electron chi connectivity index (χ3n) is 6.08. The molecule has 2 aliphatic rings. The summed E-state index contributed by atoms with van der Waals surface area (Å²) in [5, 5.41) is 0. The Hall–Kier alpha value is -1.93. The number of carbonyl (C=O) groups is 2. The Morgan fingerprint density at radius 1 is 1.06 bits per heavy atom. The van der Waals surface area contributed by atoms with E-state index in [0.29, 0.717) is 38.9 Å². The highest BCUT2D eigenvalue weighted by Gasteiger charge is 2.31. The van der Waals surface area contributed by atoms with Crippen molar-refractivity contribution in [3.05, 3.63) is 23.8 Å². The molecule has 0 bridgehead atoms. The van der Waals surface area contributed by atoms with Gasteiger partial charge < -0.3 is 9.80 Å². The number of fused-ring (bicyclic) bond motifs is 1. The van der Waals surface area contributed by atoms with Crippen molar-refractivity contribution < 1.29 is 18.0 Å². The molecule has 1 fully saturated rings. The molecule has 1 N–H and O–H groups in total. The number of anilines is 1. The Bertz CT molecular complexity index is 905. The van der Waals surface area contributed by atoms with E-state index in [1.165, 1.54) is 6.07 Å². The monoisotopic (exact) mass is 449 g/mol. The van der Waals surface area contributed by atoms with E-state index < -0.39 is 16.1 Å². The van der Waals surface area contributed by atoms with E-state index in [1.54, 1.807) is 17.0 Å². The number of nitrogens with zero attached hydrogens (tertiary/aromatic N) is 2. The van der Waals surface area contributed by atoms with Crippen LogP contribution in [0.2, 0.25) is 0 Å². The Kier molecular flexibility index (Phi) is 7.75. The molecular formula is C23H35N3O4S. The first-order valence-electron chi connectivity index (χ1n) is 11.5. The smallest absolute Gasteiger partial charge is 0.241 e. The Morgan fingerprint density at radius 2 is 1.74 bits per heavy atom. The molecular weight excluding hydrogens is 414 g/mol. The molecule has 8 heteroatoms. The summed E-state index contributed by atoms with van der Waals surface area (Å²) in [4.78, 5) is 29.0. The van der Waals surface area contributed by atoms with Gasteiger partial charge in [-0.1, -0.05) is 33.6 Å². The van der Waals surface area contributed by atoms with Crippen molar-refractivity contribution in [1.82, 2.24) is 9.62 Å². The normalized spacial score (nSPS) is 18.1. The van der Waals surface area contributed by atoms with Crippen LogP contribution in [-0.2, 0) is 26.0 Å². The van der Waals surface area contributed by atoms with Gasteiger partial charge in [-0.05, 0) is 55.4 Å². The van der Waals surface area contributed by atoms with Gasteiger partial charge in [0.2, 0.25) is 21.8 Å². The lowest BCUT2D eigenvalue weighted by atomic mass is 10.0. The summed E-state index contributed by atoms with van der Waals surface area (Å²) in [5.41, 5.74) is 1.63. The lowest BCUT2D eigenvalue weighted by Crippen LogP contribution is -2.49. The molecule has 2 heterocycles. The maximum Gasteiger partial charge on any atom is 0.241 e. The molecule has 0 aliphatic carbocycles. The fraction of sp³-hybridized carbons (Fsp3) is 0.652. The summed E-state index contributed by atoms with van der Waals surface area (Å²) >= 11 is 0. The highest BCUT2D eigenvalue weighted by molar-refractivity contribution is 7.89. The number of sulfonamides is 1. The molecule has 1 unspecified atom stereocenters. The van der Waals surface area contributed by atoms with Crippen LogP contribution in [0.15, 0.2) is 23.1 Å². The number of carbonyl (C=O) groups excluding carboxylic acids is 2. The summed E-state index contributed by atoms with van der Waals surface area (Å²) in [7, 11) is -3.86. The zero-order valence-corrected chi connectivity index (χ0v) is 19.7. The van der Waals surface area contributed by atoms with E-state index in [4.69, 9.17) is 0 Å². The van der Waals surface area contributed by atoms with E-state index >= 15 is 0 Å². The lowest BCUT2D eigenvalue weighted by molar-refractivity contribution is -0.133. The standard InChI is InChI=1S/C23H35N3O4S/c1-4-22(27)26-14-11-18-16-19(9-10-21(18)26)31(29,30)24-20(15-17(2)3)23(28)25-12-7-5-6-8-13-25/h9-10,16-17,20,24H,4-8,11-15H2,1-3H3. The van der Waals surface area contributed by atoms with Crippen molar-refractivity contribution in [3.63, 3.8) is 0 Å². The molecule has 2 amide bonds. The molecule has 1 saturated heterocycles. The molecule has 172 valence electrons. The topological polar surface area (TPSA) is 86.8 Å². The van der Waals surface area contributed by atoms with Gasteiger partial charge in [0.1, 0.15) is 6.04 Å². The number of hydrogen-bond acceptors (Lipinski definition) is 4. The Balaban J connectivity index is 1.81. The molecule has 7 nitrogen and oxygen atoms in total. The average molecular weight is 450 g/mol. The number of nitrogens with one attached hydrogen (secondary N) is 1.